The maximum Gasteiger partial charge on any atom is 0.241 e. The zero-order valence-corrected chi connectivity index (χ0v) is 11.4. The van der Waals surface area contributed by atoms with E-state index >= 15 is 0 Å². The lowest BCUT2D eigenvalue weighted by Crippen LogP contribution is -2.40. The Morgan fingerprint density at radius 2 is 2.24 bits per heavy atom. The molecule has 0 fully saturated rings. The molecule has 1 amide bonds. The molecule has 3 N–H and O–H groups in total. The summed E-state index contributed by atoms with van der Waals surface area (Å²) in [5.41, 5.74) is 5.91. The van der Waals surface area contributed by atoms with Gasteiger partial charge in [0.15, 0.2) is 0 Å². The number of nitrogens with one attached hydrogen (secondary N) is 1. The topological polar surface area (TPSA) is 55.1 Å². The van der Waals surface area contributed by atoms with Crippen LogP contribution in [0.2, 0.25) is 0 Å². The summed E-state index contributed by atoms with van der Waals surface area (Å²) in [5.74, 6) is -0.779. The van der Waals surface area contributed by atoms with Gasteiger partial charge in [-0.1, -0.05) is 36.2 Å². The lowest BCUT2D eigenvalue weighted by atomic mass is 9.99. The van der Waals surface area contributed by atoms with Crippen LogP contribution in [-0.2, 0) is 4.79 Å². The number of benzene rings is 1. The van der Waals surface area contributed by atoms with Gasteiger partial charge in [-0.05, 0) is 24.1 Å². The van der Waals surface area contributed by atoms with Crippen LogP contribution in [0.15, 0.2) is 22.7 Å². The quantitative estimate of drug-likeness (QED) is 0.898. The summed E-state index contributed by atoms with van der Waals surface area (Å²) in [5, 5.41) is 2.49. The Bertz CT molecular complexity index is 411. The fourth-order valence-corrected chi connectivity index (χ4v) is 1.65. The summed E-state index contributed by atoms with van der Waals surface area (Å²) in [6.45, 7) is 3.85. The van der Waals surface area contributed by atoms with Crippen molar-refractivity contribution in [2.24, 2.45) is 11.7 Å². The van der Waals surface area contributed by atoms with Crippen LogP contribution in [0.4, 0.5) is 10.1 Å². The van der Waals surface area contributed by atoms with E-state index in [9.17, 15) is 9.18 Å². The van der Waals surface area contributed by atoms with E-state index in [1.54, 1.807) is 6.07 Å². The number of carbonyl (C=O) groups is 1. The van der Waals surface area contributed by atoms with Gasteiger partial charge in [0.25, 0.3) is 0 Å². The normalized spacial score (nSPS) is 14.2. The fraction of sp³-hybridized carbons (Fsp3) is 0.417. The Kier molecular flexibility index (Phi) is 5.08. The van der Waals surface area contributed by atoms with Crippen molar-refractivity contribution in [1.82, 2.24) is 0 Å². The van der Waals surface area contributed by atoms with E-state index in [2.05, 4.69) is 21.2 Å². The average molecular weight is 303 g/mol. The Morgan fingerprint density at radius 1 is 1.59 bits per heavy atom. The van der Waals surface area contributed by atoms with E-state index < -0.39 is 11.9 Å². The predicted molar refractivity (Wildman–Crippen MR) is 70.2 cm³/mol. The minimum absolute atomic E-state index is 0.0634. The van der Waals surface area contributed by atoms with Crippen molar-refractivity contribution in [2.75, 3.05) is 5.32 Å². The van der Waals surface area contributed by atoms with Gasteiger partial charge in [0.1, 0.15) is 5.82 Å². The van der Waals surface area contributed by atoms with Gasteiger partial charge in [-0.3, -0.25) is 4.79 Å². The minimum atomic E-state index is -0.622. The van der Waals surface area contributed by atoms with Crippen LogP contribution in [0.25, 0.3) is 0 Å². The molecule has 17 heavy (non-hydrogen) atoms. The molecular formula is C12H16BrFN2O. The van der Waals surface area contributed by atoms with E-state index in [1.807, 2.05) is 13.8 Å². The number of carbonyl (C=O) groups excluding carboxylic acids is 1. The number of halogens is 2. The second-order valence-electron chi connectivity index (χ2n) is 4.02. The third kappa shape index (κ3) is 3.78. The van der Waals surface area contributed by atoms with Crippen molar-refractivity contribution in [1.29, 1.82) is 0 Å². The highest BCUT2D eigenvalue weighted by Gasteiger charge is 2.20. The van der Waals surface area contributed by atoms with Gasteiger partial charge in [-0.15, -0.1) is 0 Å². The van der Waals surface area contributed by atoms with Crippen LogP contribution in [0.1, 0.15) is 20.3 Å². The van der Waals surface area contributed by atoms with Crippen LogP contribution in [-0.4, -0.2) is 11.9 Å². The van der Waals surface area contributed by atoms with Gasteiger partial charge in [0.2, 0.25) is 5.91 Å². The van der Waals surface area contributed by atoms with Crippen LogP contribution in [0, 0.1) is 11.7 Å². The van der Waals surface area contributed by atoms with Crippen LogP contribution < -0.4 is 11.1 Å². The molecule has 1 rings (SSSR count). The molecule has 3 nitrogen and oxygen atoms in total. The molecule has 0 aliphatic carbocycles. The Morgan fingerprint density at radius 3 is 2.76 bits per heavy atom. The highest BCUT2D eigenvalue weighted by molar-refractivity contribution is 9.10. The van der Waals surface area contributed by atoms with E-state index in [1.165, 1.54) is 12.1 Å². The molecule has 5 heteroatoms. The Balaban J connectivity index is 2.74. The highest BCUT2D eigenvalue weighted by atomic mass is 79.9. The molecule has 0 heterocycles. The Labute approximate surface area is 109 Å². The number of nitrogens with two attached hydrogens (primary N) is 1. The van der Waals surface area contributed by atoms with E-state index in [-0.39, 0.29) is 17.5 Å². The van der Waals surface area contributed by atoms with Crippen LogP contribution >= 0.6 is 15.9 Å². The number of amides is 1. The zero-order valence-electron chi connectivity index (χ0n) is 9.84. The first kappa shape index (κ1) is 14.1. The largest absolute Gasteiger partial charge is 0.322 e. The van der Waals surface area contributed by atoms with Gasteiger partial charge in [0.05, 0.1) is 11.7 Å². The van der Waals surface area contributed by atoms with E-state index in [0.29, 0.717) is 4.47 Å². The third-order valence-electron chi connectivity index (χ3n) is 2.75. The third-order valence-corrected chi connectivity index (χ3v) is 3.24. The molecule has 0 spiro atoms. The first-order valence-electron chi connectivity index (χ1n) is 5.47. The van der Waals surface area contributed by atoms with Crippen molar-refractivity contribution < 1.29 is 9.18 Å². The summed E-state index contributed by atoms with van der Waals surface area (Å²) in [4.78, 5) is 11.7. The van der Waals surface area contributed by atoms with Gasteiger partial charge in [-0.25, -0.2) is 4.39 Å². The highest BCUT2D eigenvalue weighted by Crippen LogP contribution is 2.20. The molecule has 94 valence electrons. The number of hydrogen-bond donors (Lipinski definition) is 2. The minimum Gasteiger partial charge on any atom is -0.322 e. The molecule has 0 bridgehead atoms. The second-order valence-corrected chi connectivity index (χ2v) is 4.94. The molecule has 0 saturated carbocycles. The maximum absolute atomic E-state index is 13.5. The molecule has 1 aromatic rings. The molecule has 0 unspecified atom stereocenters. The summed E-state index contributed by atoms with van der Waals surface area (Å²) < 4.78 is 14.1. The predicted octanol–water partition coefficient (Wildman–Crippen LogP) is 2.90. The summed E-state index contributed by atoms with van der Waals surface area (Å²) in [6, 6.07) is 3.83. The Hall–Kier alpha value is -0.940. The van der Waals surface area contributed by atoms with Crippen LogP contribution in [0.3, 0.4) is 0 Å². The van der Waals surface area contributed by atoms with Gasteiger partial charge >= 0.3 is 0 Å². The van der Waals surface area contributed by atoms with Gasteiger partial charge in [0, 0.05) is 4.47 Å². The molecule has 2 atom stereocenters. The maximum atomic E-state index is 13.5. The standard InChI is InChI=1S/C12H16BrFN2O/c1-3-7(2)11(15)12(17)16-10-5-4-8(13)6-9(10)14/h4-7,11H,3,15H2,1-2H3,(H,16,17)/t7-,11-/m0/s1. The molecule has 1 aromatic carbocycles. The first-order valence-corrected chi connectivity index (χ1v) is 6.26. The molecule has 0 aromatic heterocycles. The van der Waals surface area contributed by atoms with E-state index in [4.69, 9.17) is 5.73 Å². The van der Waals surface area contributed by atoms with E-state index in [0.717, 1.165) is 6.42 Å². The number of anilines is 1. The molecule has 0 aliphatic rings. The SMILES string of the molecule is CC[C@H](C)[C@H](N)C(=O)Nc1ccc(Br)cc1F. The molecule has 0 aliphatic heterocycles. The summed E-state index contributed by atoms with van der Waals surface area (Å²) in [7, 11) is 0. The molecule has 0 radical (unpaired) electrons. The lowest BCUT2D eigenvalue weighted by Gasteiger charge is -2.17. The van der Waals surface area contributed by atoms with Crippen molar-refractivity contribution in [2.45, 2.75) is 26.3 Å². The second kappa shape index (κ2) is 6.12. The van der Waals surface area contributed by atoms with Crippen LogP contribution in [0.5, 0.6) is 0 Å². The monoisotopic (exact) mass is 302 g/mol. The average Bonchev–Trinajstić information content (AvgIpc) is 2.30. The zero-order chi connectivity index (χ0) is 13.0. The lowest BCUT2D eigenvalue weighted by molar-refractivity contribution is -0.118. The van der Waals surface area contributed by atoms with Gasteiger partial charge < -0.3 is 11.1 Å². The smallest absolute Gasteiger partial charge is 0.241 e. The first-order chi connectivity index (χ1) is 7.95. The van der Waals surface area contributed by atoms with Crippen molar-refractivity contribution in [3.63, 3.8) is 0 Å². The number of hydrogen-bond acceptors (Lipinski definition) is 2. The molecule has 0 saturated heterocycles. The van der Waals surface area contributed by atoms with Crippen molar-refractivity contribution in [3.8, 4) is 0 Å². The summed E-state index contributed by atoms with van der Waals surface area (Å²) in [6.07, 6.45) is 0.803. The number of rotatable bonds is 4. The molecular weight excluding hydrogens is 287 g/mol. The fourth-order valence-electron chi connectivity index (χ4n) is 1.32. The summed E-state index contributed by atoms with van der Waals surface area (Å²) >= 11 is 3.15. The van der Waals surface area contributed by atoms with Crippen molar-refractivity contribution in [3.05, 3.63) is 28.5 Å². The van der Waals surface area contributed by atoms with Gasteiger partial charge in [-0.2, -0.15) is 0 Å². The van der Waals surface area contributed by atoms with Crippen molar-refractivity contribution >= 4 is 27.5 Å².